The summed E-state index contributed by atoms with van der Waals surface area (Å²) >= 11 is 0. The van der Waals surface area contributed by atoms with Gasteiger partial charge in [-0.2, -0.15) is 0 Å². The van der Waals surface area contributed by atoms with Gasteiger partial charge in [0.15, 0.2) is 0 Å². The highest BCUT2D eigenvalue weighted by Crippen LogP contribution is 2.26. The molecule has 0 fully saturated rings. The van der Waals surface area contributed by atoms with E-state index in [4.69, 9.17) is 0 Å². The minimum atomic E-state index is -0.119. The molecule has 0 spiro atoms. The molecule has 2 heteroatoms. The molecule has 0 aliphatic heterocycles. The van der Waals surface area contributed by atoms with Crippen LogP contribution in [0.1, 0.15) is 0 Å². The van der Waals surface area contributed by atoms with Crippen molar-refractivity contribution in [2.45, 2.75) is 0 Å². The number of aldehydes is 1. The Labute approximate surface area is 111 Å². The molecule has 0 amide bonds. The van der Waals surface area contributed by atoms with Crippen LogP contribution in [0.2, 0.25) is 0 Å². The Bertz CT molecular complexity index is 689. The number of rotatable bonds is 2. The first-order chi connectivity index (χ1) is 9.36. The van der Waals surface area contributed by atoms with Crippen LogP contribution in [0.25, 0.3) is 10.8 Å². The van der Waals surface area contributed by atoms with E-state index in [1.165, 1.54) is 5.39 Å². The Balaban J connectivity index is 2.03. The largest absolute Gasteiger partial charge is 0.302 e. The van der Waals surface area contributed by atoms with Gasteiger partial charge in [0.2, 0.25) is 0 Å². The second-order valence-corrected chi connectivity index (χ2v) is 4.47. The van der Waals surface area contributed by atoms with Crippen LogP contribution in [-0.2, 0) is 4.79 Å². The maximum absolute atomic E-state index is 10.7. The highest BCUT2D eigenvalue weighted by molar-refractivity contribution is 6.08. The third-order valence-electron chi connectivity index (χ3n) is 3.15. The van der Waals surface area contributed by atoms with Crippen LogP contribution >= 0.6 is 0 Å². The zero-order chi connectivity index (χ0) is 13.1. The van der Waals surface area contributed by atoms with Crippen LogP contribution in [0.15, 0.2) is 71.8 Å². The second-order valence-electron chi connectivity index (χ2n) is 4.47. The molecular formula is C17H13NO. The number of hydrogen-bond acceptors (Lipinski definition) is 2. The highest BCUT2D eigenvalue weighted by Gasteiger charge is 2.04. The molecule has 2 nitrogen and oxygen atoms in total. The SMILES string of the molecule is O=CC1C=CC(=Nc2cccc3ccccc23)C=C1. The summed E-state index contributed by atoms with van der Waals surface area (Å²) in [6.45, 7) is 0. The zero-order valence-electron chi connectivity index (χ0n) is 10.4. The number of allylic oxidation sites excluding steroid dienone is 4. The van der Waals surface area contributed by atoms with E-state index >= 15 is 0 Å². The zero-order valence-corrected chi connectivity index (χ0v) is 10.4. The molecule has 1 aliphatic rings. The molecule has 0 heterocycles. The van der Waals surface area contributed by atoms with Crippen LogP contribution in [0.4, 0.5) is 5.69 Å². The van der Waals surface area contributed by atoms with E-state index in [2.05, 4.69) is 23.2 Å². The Kier molecular flexibility index (Phi) is 3.07. The lowest BCUT2D eigenvalue weighted by Crippen LogP contribution is -2.01. The number of carbonyl (C=O) groups is 1. The summed E-state index contributed by atoms with van der Waals surface area (Å²) in [5, 5.41) is 2.32. The fraction of sp³-hybridized carbons (Fsp3) is 0.0588. The molecule has 0 radical (unpaired) electrons. The van der Waals surface area contributed by atoms with Gasteiger partial charge >= 0.3 is 0 Å². The molecule has 92 valence electrons. The van der Waals surface area contributed by atoms with Crippen molar-refractivity contribution in [2.24, 2.45) is 10.9 Å². The number of hydrogen-bond donors (Lipinski definition) is 0. The van der Waals surface area contributed by atoms with Crippen LogP contribution in [-0.4, -0.2) is 12.0 Å². The number of nitrogens with zero attached hydrogens (tertiary/aromatic N) is 1. The quantitative estimate of drug-likeness (QED) is 0.741. The fourth-order valence-electron chi connectivity index (χ4n) is 2.15. The lowest BCUT2D eigenvalue weighted by Gasteiger charge is -2.06. The Morgan fingerprint density at radius 3 is 2.47 bits per heavy atom. The molecule has 1 aliphatic carbocycles. The van der Waals surface area contributed by atoms with Gasteiger partial charge in [-0.1, -0.05) is 48.6 Å². The van der Waals surface area contributed by atoms with E-state index in [1.807, 2.05) is 48.6 Å². The highest BCUT2D eigenvalue weighted by atomic mass is 16.1. The van der Waals surface area contributed by atoms with Gasteiger partial charge in [0.25, 0.3) is 0 Å². The molecule has 0 saturated carbocycles. The summed E-state index contributed by atoms with van der Waals surface area (Å²) in [6, 6.07) is 14.3. The van der Waals surface area contributed by atoms with Gasteiger partial charge in [-0.3, -0.25) is 0 Å². The monoisotopic (exact) mass is 247 g/mol. The first kappa shape index (κ1) is 11.6. The smallest absolute Gasteiger partial charge is 0.130 e. The van der Waals surface area contributed by atoms with Crippen molar-refractivity contribution in [3.8, 4) is 0 Å². The standard InChI is InChI=1S/C17H13NO/c19-12-13-8-10-15(11-9-13)18-17-7-3-5-14-4-1-2-6-16(14)17/h1-13H. The third-order valence-corrected chi connectivity index (χ3v) is 3.15. The first-order valence-corrected chi connectivity index (χ1v) is 6.25. The van der Waals surface area contributed by atoms with Crippen LogP contribution in [0.3, 0.4) is 0 Å². The minimum Gasteiger partial charge on any atom is -0.302 e. The Morgan fingerprint density at radius 2 is 1.68 bits per heavy atom. The molecular weight excluding hydrogens is 234 g/mol. The van der Waals surface area contributed by atoms with E-state index in [0.717, 1.165) is 23.1 Å². The molecule has 0 N–H and O–H groups in total. The average Bonchev–Trinajstić information content (AvgIpc) is 2.48. The normalized spacial score (nSPS) is 17.7. The van der Waals surface area contributed by atoms with Crippen LogP contribution < -0.4 is 0 Å². The fourth-order valence-corrected chi connectivity index (χ4v) is 2.15. The van der Waals surface area contributed by atoms with Crippen molar-refractivity contribution in [1.82, 2.24) is 0 Å². The number of fused-ring (bicyclic) bond motifs is 1. The lowest BCUT2D eigenvalue weighted by molar-refractivity contribution is -0.108. The molecule has 19 heavy (non-hydrogen) atoms. The summed E-state index contributed by atoms with van der Waals surface area (Å²) in [5.74, 6) is -0.119. The van der Waals surface area contributed by atoms with Crippen molar-refractivity contribution in [3.05, 3.63) is 66.8 Å². The molecule has 0 atom stereocenters. The van der Waals surface area contributed by atoms with Gasteiger partial charge in [0.05, 0.1) is 17.3 Å². The Hall–Kier alpha value is -2.48. The summed E-state index contributed by atoms with van der Waals surface area (Å²) < 4.78 is 0. The summed E-state index contributed by atoms with van der Waals surface area (Å²) in [6.07, 6.45) is 8.41. The van der Waals surface area contributed by atoms with Gasteiger partial charge in [-0.15, -0.1) is 0 Å². The summed E-state index contributed by atoms with van der Waals surface area (Å²) in [7, 11) is 0. The molecule has 0 aromatic heterocycles. The molecule has 0 unspecified atom stereocenters. The van der Waals surface area contributed by atoms with Crippen LogP contribution in [0, 0.1) is 5.92 Å². The molecule has 3 rings (SSSR count). The third kappa shape index (κ3) is 2.38. The van der Waals surface area contributed by atoms with E-state index in [1.54, 1.807) is 0 Å². The Morgan fingerprint density at radius 1 is 0.947 bits per heavy atom. The molecule has 0 bridgehead atoms. The summed E-state index contributed by atoms with van der Waals surface area (Å²) in [4.78, 5) is 15.3. The number of aliphatic imine (C=N–C) groups is 1. The van der Waals surface area contributed by atoms with Gasteiger partial charge < -0.3 is 4.79 Å². The minimum absolute atomic E-state index is 0.119. The van der Waals surface area contributed by atoms with Crippen LogP contribution in [0.5, 0.6) is 0 Å². The summed E-state index contributed by atoms with van der Waals surface area (Å²) in [5.41, 5.74) is 1.82. The topological polar surface area (TPSA) is 29.4 Å². The van der Waals surface area contributed by atoms with Gasteiger partial charge in [0, 0.05) is 5.39 Å². The van der Waals surface area contributed by atoms with E-state index in [9.17, 15) is 4.79 Å². The van der Waals surface area contributed by atoms with E-state index < -0.39 is 0 Å². The predicted octanol–water partition coefficient (Wildman–Crippen LogP) is 3.85. The molecule has 2 aromatic carbocycles. The number of carbonyl (C=O) groups excluding carboxylic acids is 1. The lowest BCUT2D eigenvalue weighted by atomic mass is 10.0. The maximum atomic E-state index is 10.7. The van der Waals surface area contributed by atoms with Gasteiger partial charge in [0.1, 0.15) is 6.29 Å². The van der Waals surface area contributed by atoms with Crippen molar-refractivity contribution >= 4 is 28.5 Å². The molecule has 2 aromatic rings. The average molecular weight is 247 g/mol. The van der Waals surface area contributed by atoms with E-state index in [0.29, 0.717) is 0 Å². The number of benzene rings is 2. The van der Waals surface area contributed by atoms with Crippen molar-refractivity contribution in [2.75, 3.05) is 0 Å². The maximum Gasteiger partial charge on any atom is 0.130 e. The van der Waals surface area contributed by atoms with E-state index in [-0.39, 0.29) is 5.92 Å². The predicted molar refractivity (Wildman–Crippen MR) is 78.9 cm³/mol. The first-order valence-electron chi connectivity index (χ1n) is 6.25. The second kappa shape index (κ2) is 5.02. The van der Waals surface area contributed by atoms with Gasteiger partial charge in [-0.25, -0.2) is 4.99 Å². The van der Waals surface area contributed by atoms with Crippen molar-refractivity contribution in [3.63, 3.8) is 0 Å². The van der Waals surface area contributed by atoms with Gasteiger partial charge in [-0.05, 0) is 23.6 Å². The van der Waals surface area contributed by atoms with Crippen molar-refractivity contribution in [1.29, 1.82) is 0 Å². The molecule has 0 saturated heterocycles. The van der Waals surface area contributed by atoms with Crippen molar-refractivity contribution < 1.29 is 4.79 Å².